The smallest absolute Gasteiger partial charge is 0.125 e. The van der Waals surface area contributed by atoms with Gasteiger partial charge in [0.1, 0.15) is 5.82 Å². The molecule has 4 nitrogen and oxygen atoms in total. The quantitative estimate of drug-likeness (QED) is 0.834. The van der Waals surface area contributed by atoms with Crippen LogP contribution >= 0.6 is 15.9 Å². The minimum atomic E-state index is 0.914. The molecule has 0 spiro atoms. The van der Waals surface area contributed by atoms with Crippen LogP contribution in [0.5, 0.6) is 0 Å². The molecule has 0 bridgehead atoms. The van der Waals surface area contributed by atoms with Gasteiger partial charge in [0.25, 0.3) is 0 Å². The lowest BCUT2D eigenvalue weighted by molar-refractivity contribution is 0.853. The van der Waals surface area contributed by atoms with Crippen molar-refractivity contribution in [3.8, 4) is 0 Å². The number of anilines is 1. The fourth-order valence-corrected chi connectivity index (χ4v) is 1.84. The zero-order valence-electron chi connectivity index (χ0n) is 9.70. The monoisotopic (exact) mass is 294 g/mol. The third-order valence-corrected chi connectivity index (χ3v) is 3.06. The van der Waals surface area contributed by atoms with Gasteiger partial charge >= 0.3 is 0 Å². The molecule has 2 heterocycles. The van der Waals surface area contributed by atoms with Crippen LogP contribution in [0.3, 0.4) is 0 Å². The van der Waals surface area contributed by atoms with Crippen LogP contribution in [0.15, 0.2) is 29.0 Å². The second-order valence-corrected chi connectivity index (χ2v) is 4.83. The van der Waals surface area contributed by atoms with Gasteiger partial charge in [-0.05, 0) is 53.4 Å². The van der Waals surface area contributed by atoms with Crippen LogP contribution in [0.4, 0.5) is 5.82 Å². The summed E-state index contributed by atoms with van der Waals surface area (Å²) < 4.78 is 0.997. The van der Waals surface area contributed by atoms with E-state index < -0.39 is 0 Å². The van der Waals surface area contributed by atoms with Gasteiger partial charge in [-0.3, -0.25) is 5.10 Å². The van der Waals surface area contributed by atoms with Crippen LogP contribution in [0.25, 0.3) is 0 Å². The summed E-state index contributed by atoms with van der Waals surface area (Å²) in [6.45, 7) is 2.96. The molecule has 0 saturated carbocycles. The van der Waals surface area contributed by atoms with E-state index in [-0.39, 0.29) is 0 Å². The highest BCUT2D eigenvalue weighted by molar-refractivity contribution is 9.10. The van der Waals surface area contributed by atoms with Crippen molar-refractivity contribution in [1.82, 2.24) is 15.2 Å². The van der Waals surface area contributed by atoms with Gasteiger partial charge in [-0.2, -0.15) is 5.10 Å². The molecule has 2 aromatic rings. The predicted molar refractivity (Wildman–Crippen MR) is 72.1 cm³/mol. The van der Waals surface area contributed by atoms with E-state index in [1.807, 2.05) is 25.3 Å². The van der Waals surface area contributed by atoms with Gasteiger partial charge in [-0.1, -0.05) is 0 Å². The van der Waals surface area contributed by atoms with Gasteiger partial charge in [-0.25, -0.2) is 4.98 Å². The van der Waals surface area contributed by atoms with Gasteiger partial charge in [0, 0.05) is 22.9 Å². The highest BCUT2D eigenvalue weighted by Crippen LogP contribution is 2.11. The number of aromatic amines is 1. The molecule has 0 amide bonds. The number of hydrogen-bond donors (Lipinski definition) is 2. The molecule has 5 heteroatoms. The van der Waals surface area contributed by atoms with Crippen molar-refractivity contribution in [2.45, 2.75) is 19.8 Å². The lowest BCUT2D eigenvalue weighted by Gasteiger charge is -2.04. The van der Waals surface area contributed by atoms with Crippen molar-refractivity contribution in [3.63, 3.8) is 0 Å². The van der Waals surface area contributed by atoms with E-state index in [2.05, 4.69) is 36.4 Å². The molecule has 90 valence electrons. The minimum Gasteiger partial charge on any atom is -0.370 e. The Morgan fingerprint density at radius 3 is 2.88 bits per heavy atom. The summed E-state index contributed by atoms with van der Waals surface area (Å²) in [6, 6.07) is 3.95. The van der Waals surface area contributed by atoms with Crippen molar-refractivity contribution in [1.29, 1.82) is 0 Å². The van der Waals surface area contributed by atoms with Crippen molar-refractivity contribution in [2.75, 3.05) is 11.9 Å². The highest BCUT2D eigenvalue weighted by atomic mass is 79.9. The summed E-state index contributed by atoms with van der Waals surface area (Å²) in [4.78, 5) is 4.25. The van der Waals surface area contributed by atoms with Gasteiger partial charge in [-0.15, -0.1) is 0 Å². The first-order valence-corrected chi connectivity index (χ1v) is 6.39. The number of pyridine rings is 1. The van der Waals surface area contributed by atoms with Crippen LogP contribution < -0.4 is 5.32 Å². The first-order valence-electron chi connectivity index (χ1n) is 5.60. The maximum Gasteiger partial charge on any atom is 0.125 e. The fourth-order valence-electron chi connectivity index (χ4n) is 1.60. The summed E-state index contributed by atoms with van der Waals surface area (Å²) in [7, 11) is 0. The Labute approximate surface area is 109 Å². The summed E-state index contributed by atoms with van der Waals surface area (Å²) in [6.07, 6.45) is 5.79. The Balaban J connectivity index is 1.73. The number of H-pyrrole nitrogens is 1. The third kappa shape index (κ3) is 3.56. The molecule has 0 aliphatic heterocycles. The van der Waals surface area contributed by atoms with Gasteiger partial charge < -0.3 is 5.32 Å². The number of halogens is 1. The molecule has 0 aromatic carbocycles. The van der Waals surface area contributed by atoms with E-state index in [4.69, 9.17) is 0 Å². The molecule has 0 atom stereocenters. The molecule has 0 fully saturated rings. The zero-order chi connectivity index (χ0) is 12.1. The zero-order valence-corrected chi connectivity index (χ0v) is 11.3. The Bertz CT molecular complexity index is 464. The molecular weight excluding hydrogens is 280 g/mol. The maximum atomic E-state index is 4.25. The van der Waals surface area contributed by atoms with Gasteiger partial charge in [0.15, 0.2) is 0 Å². The average molecular weight is 295 g/mol. The van der Waals surface area contributed by atoms with Crippen LogP contribution in [0.2, 0.25) is 0 Å². The van der Waals surface area contributed by atoms with Crippen LogP contribution in [-0.4, -0.2) is 21.7 Å². The second kappa shape index (κ2) is 5.82. The first kappa shape index (κ1) is 12.1. The summed E-state index contributed by atoms with van der Waals surface area (Å²) in [5.41, 5.74) is 2.45. The lowest BCUT2D eigenvalue weighted by Crippen LogP contribution is -2.04. The van der Waals surface area contributed by atoms with Crippen molar-refractivity contribution < 1.29 is 0 Å². The largest absolute Gasteiger partial charge is 0.370 e. The Morgan fingerprint density at radius 2 is 2.24 bits per heavy atom. The van der Waals surface area contributed by atoms with E-state index in [9.17, 15) is 0 Å². The normalized spacial score (nSPS) is 10.5. The average Bonchev–Trinajstić information content (AvgIpc) is 2.73. The van der Waals surface area contributed by atoms with Crippen LogP contribution in [0.1, 0.15) is 17.7 Å². The number of nitrogens with zero attached hydrogens (tertiary/aromatic N) is 2. The molecule has 0 aliphatic carbocycles. The van der Waals surface area contributed by atoms with Gasteiger partial charge in [0.2, 0.25) is 0 Å². The summed E-state index contributed by atoms with van der Waals surface area (Å²) in [5, 5.41) is 10.2. The standard InChI is InChI=1S/C12H15BrN4/c1-9-10(7-16-17-9)3-2-6-14-12-5-4-11(13)8-15-12/h4-5,7-8H,2-3,6H2,1H3,(H,14,15)(H,16,17). The van der Waals surface area contributed by atoms with Crippen molar-refractivity contribution in [2.24, 2.45) is 0 Å². The van der Waals surface area contributed by atoms with E-state index >= 15 is 0 Å². The van der Waals surface area contributed by atoms with Crippen LogP contribution in [0, 0.1) is 6.92 Å². The number of rotatable bonds is 5. The number of aryl methyl sites for hydroxylation is 2. The van der Waals surface area contributed by atoms with E-state index in [1.165, 1.54) is 5.56 Å². The predicted octanol–water partition coefficient (Wildman–Crippen LogP) is 2.92. The second-order valence-electron chi connectivity index (χ2n) is 3.91. The molecule has 0 saturated heterocycles. The molecule has 17 heavy (non-hydrogen) atoms. The summed E-state index contributed by atoms with van der Waals surface area (Å²) in [5.74, 6) is 0.914. The maximum absolute atomic E-state index is 4.25. The number of nitrogens with one attached hydrogen (secondary N) is 2. The molecule has 2 rings (SSSR count). The number of hydrogen-bond acceptors (Lipinski definition) is 3. The fraction of sp³-hybridized carbons (Fsp3) is 0.333. The SMILES string of the molecule is Cc1[nH]ncc1CCCNc1ccc(Br)cn1. The number of aromatic nitrogens is 3. The molecular formula is C12H15BrN4. The molecule has 0 unspecified atom stereocenters. The Kier molecular flexibility index (Phi) is 4.14. The van der Waals surface area contributed by atoms with Gasteiger partial charge in [0.05, 0.1) is 6.20 Å². The Morgan fingerprint density at radius 1 is 1.35 bits per heavy atom. The van der Waals surface area contributed by atoms with E-state index in [0.717, 1.165) is 35.4 Å². The molecule has 2 aromatic heterocycles. The molecule has 0 radical (unpaired) electrons. The third-order valence-electron chi connectivity index (χ3n) is 2.59. The minimum absolute atomic E-state index is 0.914. The highest BCUT2D eigenvalue weighted by Gasteiger charge is 1.99. The van der Waals surface area contributed by atoms with Crippen molar-refractivity contribution in [3.05, 3.63) is 40.3 Å². The van der Waals surface area contributed by atoms with E-state index in [1.54, 1.807) is 6.20 Å². The van der Waals surface area contributed by atoms with E-state index in [0.29, 0.717) is 0 Å². The van der Waals surface area contributed by atoms with Crippen molar-refractivity contribution >= 4 is 21.7 Å². The lowest BCUT2D eigenvalue weighted by atomic mass is 10.1. The summed E-state index contributed by atoms with van der Waals surface area (Å²) >= 11 is 3.36. The molecule has 0 aliphatic rings. The topological polar surface area (TPSA) is 53.6 Å². The first-order chi connectivity index (χ1) is 8.25. The van der Waals surface area contributed by atoms with Crippen LogP contribution in [-0.2, 0) is 6.42 Å². The Hall–Kier alpha value is -1.36. The molecule has 2 N–H and O–H groups in total.